The quantitative estimate of drug-likeness (QED) is 0.329. The van der Waals surface area contributed by atoms with E-state index >= 15 is 0 Å². The second-order valence-electron chi connectivity index (χ2n) is 2.62. The lowest BCUT2D eigenvalue weighted by Crippen LogP contribution is -1.88. The Kier molecular flexibility index (Phi) is 5.83. The Bertz CT molecular complexity index is 213. The van der Waals surface area contributed by atoms with Crippen LogP contribution in [0.25, 0.3) is 0 Å². The Morgan fingerprint density at radius 3 is 2.58 bits per heavy atom. The predicted molar refractivity (Wildman–Crippen MR) is 55.7 cm³/mol. The maximum atomic E-state index is 5.28. The van der Waals surface area contributed by atoms with Crippen molar-refractivity contribution in [2.24, 2.45) is 5.92 Å². The Morgan fingerprint density at radius 2 is 2.25 bits per heavy atom. The van der Waals surface area contributed by atoms with Gasteiger partial charge in [-0.3, -0.25) is 0 Å². The zero-order chi connectivity index (χ0) is 9.40. The minimum atomic E-state index is 0.0459. The standard InChI is InChI=1S/C12H16/c1-5-9-12(8-4)10-11(6-2)7-3/h2,7-8,10-11H,3-5,9H2,1H3/b12-10-. The minimum Gasteiger partial charge on any atom is -0.119 e. The van der Waals surface area contributed by atoms with Crippen molar-refractivity contribution < 1.29 is 0 Å². The van der Waals surface area contributed by atoms with E-state index in [1.54, 1.807) is 6.08 Å². The Labute approximate surface area is 75.7 Å². The van der Waals surface area contributed by atoms with Crippen LogP contribution in [0.15, 0.2) is 37.0 Å². The molecule has 0 nitrogen and oxygen atoms in total. The molecule has 0 heterocycles. The summed E-state index contributed by atoms with van der Waals surface area (Å²) >= 11 is 0. The highest BCUT2D eigenvalue weighted by molar-refractivity contribution is 5.23. The highest BCUT2D eigenvalue weighted by Gasteiger charge is 1.95. The van der Waals surface area contributed by atoms with Crippen LogP contribution in [-0.2, 0) is 0 Å². The fraction of sp³-hybridized carbons (Fsp3) is 0.333. The topological polar surface area (TPSA) is 0 Å². The first-order valence-corrected chi connectivity index (χ1v) is 4.20. The molecule has 0 saturated heterocycles. The molecular formula is C12H16. The van der Waals surface area contributed by atoms with Crippen molar-refractivity contribution in [3.05, 3.63) is 37.0 Å². The van der Waals surface area contributed by atoms with Crippen LogP contribution >= 0.6 is 0 Å². The van der Waals surface area contributed by atoms with Gasteiger partial charge in [0.05, 0.1) is 5.92 Å². The summed E-state index contributed by atoms with van der Waals surface area (Å²) in [7, 11) is 0. The third-order valence-electron chi connectivity index (χ3n) is 1.64. The number of rotatable bonds is 5. The molecule has 0 aliphatic heterocycles. The highest BCUT2D eigenvalue weighted by Crippen LogP contribution is 2.10. The van der Waals surface area contributed by atoms with Gasteiger partial charge in [0.25, 0.3) is 0 Å². The van der Waals surface area contributed by atoms with Crippen LogP contribution in [0.4, 0.5) is 0 Å². The Hall–Kier alpha value is -1.22. The Balaban J connectivity index is 4.35. The summed E-state index contributed by atoms with van der Waals surface area (Å²) in [6.07, 6.45) is 13.1. The van der Waals surface area contributed by atoms with Gasteiger partial charge in [-0.05, 0) is 6.42 Å². The molecule has 0 aromatic carbocycles. The van der Waals surface area contributed by atoms with E-state index in [1.165, 1.54) is 5.57 Å². The van der Waals surface area contributed by atoms with Crippen LogP contribution < -0.4 is 0 Å². The minimum absolute atomic E-state index is 0.0459. The van der Waals surface area contributed by atoms with Gasteiger partial charge in [0.1, 0.15) is 0 Å². The monoisotopic (exact) mass is 160 g/mol. The maximum Gasteiger partial charge on any atom is 0.0563 e. The lowest BCUT2D eigenvalue weighted by atomic mass is 10.0. The fourth-order valence-electron chi connectivity index (χ4n) is 0.957. The molecule has 0 spiro atoms. The van der Waals surface area contributed by atoms with Crippen molar-refractivity contribution in [2.45, 2.75) is 19.8 Å². The van der Waals surface area contributed by atoms with Gasteiger partial charge in [0, 0.05) is 0 Å². The fourth-order valence-corrected chi connectivity index (χ4v) is 0.957. The van der Waals surface area contributed by atoms with Crippen LogP contribution in [0.3, 0.4) is 0 Å². The molecule has 1 atom stereocenters. The summed E-state index contributed by atoms with van der Waals surface area (Å²) < 4.78 is 0. The summed E-state index contributed by atoms with van der Waals surface area (Å²) in [5.41, 5.74) is 1.21. The predicted octanol–water partition coefficient (Wildman–Crippen LogP) is 3.33. The largest absolute Gasteiger partial charge is 0.119 e. The molecule has 0 aliphatic rings. The Morgan fingerprint density at radius 1 is 1.58 bits per heavy atom. The highest BCUT2D eigenvalue weighted by atomic mass is 14.0. The van der Waals surface area contributed by atoms with E-state index in [0.717, 1.165) is 12.8 Å². The number of allylic oxidation sites excluding steroid dienone is 4. The van der Waals surface area contributed by atoms with Crippen LogP contribution in [-0.4, -0.2) is 0 Å². The lowest BCUT2D eigenvalue weighted by molar-refractivity contribution is 0.911. The molecule has 0 aromatic heterocycles. The zero-order valence-electron chi connectivity index (χ0n) is 7.72. The lowest BCUT2D eigenvalue weighted by Gasteiger charge is -2.01. The average molecular weight is 160 g/mol. The maximum absolute atomic E-state index is 5.28. The van der Waals surface area contributed by atoms with Crippen molar-refractivity contribution >= 4 is 0 Å². The van der Waals surface area contributed by atoms with Crippen molar-refractivity contribution in [1.82, 2.24) is 0 Å². The van der Waals surface area contributed by atoms with Gasteiger partial charge in [-0.1, -0.05) is 49.6 Å². The number of hydrogen-bond donors (Lipinski definition) is 0. The normalized spacial score (nSPS) is 13.2. The third kappa shape index (κ3) is 3.83. The van der Waals surface area contributed by atoms with Crippen LogP contribution in [0.2, 0.25) is 0 Å². The average Bonchev–Trinajstić information content (AvgIpc) is 2.12. The molecule has 0 fully saturated rings. The van der Waals surface area contributed by atoms with Gasteiger partial charge < -0.3 is 0 Å². The van der Waals surface area contributed by atoms with E-state index in [4.69, 9.17) is 6.42 Å². The van der Waals surface area contributed by atoms with Gasteiger partial charge in [-0.2, -0.15) is 0 Å². The van der Waals surface area contributed by atoms with Crippen LogP contribution in [0, 0.1) is 18.3 Å². The molecule has 12 heavy (non-hydrogen) atoms. The third-order valence-corrected chi connectivity index (χ3v) is 1.64. The smallest absolute Gasteiger partial charge is 0.0563 e. The molecule has 0 N–H and O–H groups in total. The summed E-state index contributed by atoms with van der Waals surface area (Å²) in [4.78, 5) is 0. The van der Waals surface area contributed by atoms with Crippen molar-refractivity contribution in [1.29, 1.82) is 0 Å². The second-order valence-corrected chi connectivity index (χ2v) is 2.62. The molecule has 1 unspecified atom stereocenters. The SMILES string of the molecule is C#CC(C=C)/C=C(/C=C)CCC. The molecule has 0 aliphatic carbocycles. The van der Waals surface area contributed by atoms with Crippen LogP contribution in [0.1, 0.15) is 19.8 Å². The first kappa shape index (κ1) is 10.8. The number of terminal acetylenes is 1. The zero-order valence-corrected chi connectivity index (χ0v) is 7.72. The first-order chi connectivity index (χ1) is 5.78. The second kappa shape index (κ2) is 6.49. The van der Waals surface area contributed by atoms with Gasteiger partial charge in [-0.15, -0.1) is 13.0 Å². The van der Waals surface area contributed by atoms with E-state index in [0.29, 0.717) is 0 Å². The number of hydrogen-bond acceptors (Lipinski definition) is 0. The molecular weight excluding hydrogens is 144 g/mol. The molecule has 0 saturated carbocycles. The van der Waals surface area contributed by atoms with E-state index in [1.807, 2.05) is 12.2 Å². The van der Waals surface area contributed by atoms with E-state index < -0.39 is 0 Å². The molecule has 64 valence electrons. The van der Waals surface area contributed by atoms with E-state index in [-0.39, 0.29) is 5.92 Å². The molecule has 0 amide bonds. The van der Waals surface area contributed by atoms with Crippen molar-refractivity contribution in [3.8, 4) is 12.3 Å². The van der Waals surface area contributed by atoms with Crippen molar-refractivity contribution in [3.63, 3.8) is 0 Å². The molecule has 0 bridgehead atoms. The van der Waals surface area contributed by atoms with E-state index in [2.05, 4.69) is 26.0 Å². The molecule has 0 rings (SSSR count). The van der Waals surface area contributed by atoms with E-state index in [9.17, 15) is 0 Å². The summed E-state index contributed by atoms with van der Waals surface area (Å²) in [5.74, 6) is 2.68. The molecule has 0 aromatic rings. The summed E-state index contributed by atoms with van der Waals surface area (Å²) in [6.45, 7) is 9.52. The summed E-state index contributed by atoms with van der Waals surface area (Å²) in [6, 6.07) is 0. The van der Waals surface area contributed by atoms with Crippen LogP contribution in [0.5, 0.6) is 0 Å². The van der Waals surface area contributed by atoms with Gasteiger partial charge in [0.2, 0.25) is 0 Å². The van der Waals surface area contributed by atoms with Gasteiger partial charge in [0.15, 0.2) is 0 Å². The van der Waals surface area contributed by atoms with Gasteiger partial charge in [-0.25, -0.2) is 0 Å². The van der Waals surface area contributed by atoms with Gasteiger partial charge >= 0.3 is 0 Å². The van der Waals surface area contributed by atoms with Crippen molar-refractivity contribution in [2.75, 3.05) is 0 Å². The molecule has 0 radical (unpaired) electrons. The molecule has 0 heteroatoms. The summed E-state index contributed by atoms with van der Waals surface area (Å²) in [5, 5.41) is 0. The first-order valence-electron chi connectivity index (χ1n) is 4.20.